The predicted octanol–water partition coefficient (Wildman–Crippen LogP) is -0.567. The third-order valence-electron chi connectivity index (χ3n) is 4.55. The number of aliphatic carboxylic acids is 1. The normalized spacial score (nSPS) is 19.4. The van der Waals surface area contributed by atoms with Gasteiger partial charge in [-0.25, -0.2) is 0 Å². The van der Waals surface area contributed by atoms with Crippen LogP contribution in [0.5, 0.6) is 0 Å². The molecule has 0 amide bonds. The van der Waals surface area contributed by atoms with Crippen LogP contribution in [0.25, 0.3) is 11.4 Å². The molecule has 0 unspecified atom stereocenters. The molecule has 0 aliphatic carbocycles. The highest BCUT2D eigenvalue weighted by Crippen LogP contribution is 2.33. The summed E-state index contributed by atoms with van der Waals surface area (Å²) >= 11 is 0. The number of carbonyl (C=O) groups excluding carboxylic acids is 1. The van der Waals surface area contributed by atoms with Crippen molar-refractivity contribution in [1.82, 2.24) is 20.2 Å². The van der Waals surface area contributed by atoms with Crippen LogP contribution in [0, 0.1) is 0 Å². The fourth-order valence-corrected chi connectivity index (χ4v) is 3.25. The zero-order valence-corrected chi connectivity index (χ0v) is 13.6. The highest BCUT2D eigenvalue weighted by atomic mass is 16.7. The van der Waals surface area contributed by atoms with Gasteiger partial charge >= 0.3 is 0 Å². The van der Waals surface area contributed by atoms with E-state index in [9.17, 15) is 9.90 Å². The smallest absolute Gasteiger partial charge is 0.204 e. The summed E-state index contributed by atoms with van der Waals surface area (Å²) in [6, 6.07) is 7.82. The van der Waals surface area contributed by atoms with Crippen molar-refractivity contribution in [3.63, 3.8) is 0 Å². The lowest BCUT2D eigenvalue weighted by Gasteiger charge is -2.38. The Morgan fingerprint density at radius 1 is 1.16 bits per heavy atom. The number of ether oxygens (including phenoxy) is 2. The van der Waals surface area contributed by atoms with Gasteiger partial charge in [-0.05, 0) is 29.5 Å². The number of carboxylic acids is 1. The molecular weight excluding hydrogens is 326 g/mol. The molecule has 1 aromatic carbocycles. The van der Waals surface area contributed by atoms with E-state index in [1.165, 1.54) is 0 Å². The van der Waals surface area contributed by atoms with Crippen LogP contribution in [0.15, 0.2) is 24.3 Å². The number of nitrogens with zero attached hydrogens (tertiary/aromatic N) is 5. The molecule has 1 spiro atoms. The van der Waals surface area contributed by atoms with Crippen LogP contribution in [0.1, 0.15) is 12.8 Å². The molecular formula is C16H18N5O4-. The summed E-state index contributed by atoms with van der Waals surface area (Å²) in [5.74, 6) is -1.24. The van der Waals surface area contributed by atoms with Gasteiger partial charge in [0.2, 0.25) is 5.82 Å². The van der Waals surface area contributed by atoms with E-state index in [0.29, 0.717) is 19.0 Å². The molecule has 0 bridgehead atoms. The molecule has 9 heteroatoms. The second-order valence-electron chi connectivity index (χ2n) is 6.16. The van der Waals surface area contributed by atoms with Crippen LogP contribution in [-0.4, -0.2) is 58.3 Å². The van der Waals surface area contributed by atoms with Gasteiger partial charge in [-0.2, -0.15) is 4.80 Å². The Hall–Kier alpha value is -2.52. The van der Waals surface area contributed by atoms with E-state index >= 15 is 0 Å². The molecule has 25 heavy (non-hydrogen) atoms. The van der Waals surface area contributed by atoms with Crippen LogP contribution < -0.4 is 10.0 Å². The molecule has 1 aromatic heterocycles. The third kappa shape index (κ3) is 3.33. The number of rotatable bonds is 4. The standard InChI is InChI=1S/C16H19N5O4/c22-14(23)11-21-18-15(17-19-21)12-1-3-13(4-2-12)20-7-5-16(6-8-20)24-9-10-25-16/h1-4H,5-11H2,(H,22,23)/p-1. The molecule has 132 valence electrons. The lowest BCUT2D eigenvalue weighted by atomic mass is 10.0. The molecule has 2 aliphatic heterocycles. The Bertz CT molecular complexity index is 744. The van der Waals surface area contributed by atoms with Crippen molar-refractivity contribution >= 4 is 11.7 Å². The van der Waals surface area contributed by atoms with Gasteiger partial charge in [0.05, 0.1) is 19.2 Å². The molecule has 0 atom stereocenters. The van der Waals surface area contributed by atoms with Crippen molar-refractivity contribution in [1.29, 1.82) is 0 Å². The van der Waals surface area contributed by atoms with Gasteiger partial charge in [0, 0.05) is 37.2 Å². The molecule has 2 aliphatic rings. The number of carbonyl (C=O) groups is 1. The minimum absolute atomic E-state index is 0.377. The number of hydrogen-bond donors (Lipinski definition) is 0. The molecule has 2 saturated heterocycles. The number of hydrogen-bond acceptors (Lipinski definition) is 8. The van der Waals surface area contributed by atoms with Crippen LogP contribution in [0.4, 0.5) is 5.69 Å². The maximum absolute atomic E-state index is 10.6. The number of aromatic nitrogens is 4. The number of piperidine rings is 1. The highest BCUT2D eigenvalue weighted by molar-refractivity contribution is 5.64. The molecule has 3 heterocycles. The summed E-state index contributed by atoms with van der Waals surface area (Å²) in [4.78, 5) is 13.9. The van der Waals surface area contributed by atoms with Gasteiger partial charge in [0.25, 0.3) is 0 Å². The topological polar surface area (TPSA) is 105 Å². The highest BCUT2D eigenvalue weighted by Gasteiger charge is 2.39. The lowest BCUT2D eigenvalue weighted by molar-refractivity contribution is -0.307. The largest absolute Gasteiger partial charge is 0.548 e. The molecule has 9 nitrogen and oxygen atoms in total. The minimum atomic E-state index is -1.25. The van der Waals surface area contributed by atoms with Gasteiger partial charge in [-0.3, -0.25) is 0 Å². The Morgan fingerprint density at radius 3 is 2.48 bits per heavy atom. The van der Waals surface area contributed by atoms with E-state index in [4.69, 9.17) is 9.47 Å². The third-order valence-corrected chi connectivity index (χ3v) is 4.55. The van der Waals surface area contributed by atoms with Gasteiger partial charge in [-0.1, -0.05) is 0 Å². The first-order valence-corrected chi connectivity index (χ1v) is 8.25. The zero-order chi connectivity index (χ0) is 17.3. The van der Waals surface area contributed by atoms with Crippen molar-refractivity contribution in [2.24, 2.45) is 0 Å². The Kier molecular flexibility index (Phi) is 4.10. The van der Waals surface area contributed by atoms with Gasteiger partial charge < -0.3 is 24.3 Å². The molecule has 0 N–H and O–H groups in total. The Morgan fingerprint density at radius 2 is 1.84 bits per heavy atom. The summed E-state index contributed by atoms with van der Waals surface area (Å²) < 4.78 is 11.5. The summed E-state index contributed by atoms with van der Waals surface area (Å²) in [6.45, 7) is 2.70. The van der Waals surface area contributed by atoms with Crippen molar-refractivity contribution in [2.45, 2.75) is 25.2 Å². The maximum Gasteiger partial charge on any atom is 0.204 e. The summed E-state index contributed by atoms with van der Waals surface area (Å²) in [5.41, 5.74) is 1.89. The molecule has 0 saturated carbocycles. The van der Waals surface area contributed by atoms with Crippen LogP contribution >= 0.6 is 0 Å². The van der Waals surface area contributed by atoms with Crippen molar-refractivity contribution in [3.8, 4) is 11.4 Å². The Balaban J connectivity index is 1.42. The van der Waals surface area contributed by atoms with Gasteiger partial charge in [-0.15, -0.1) is 10.2 Å². The van der Waals surface area contributed by atoms with E-state index in [1.807, 2.05) is 24.3 Å². The van der Waals surface area contributed by atoms with E-state index in [1.54, 1.807) is 0 Å². The summed E-state index contributed by atoms with van der Waals surface area (Å²) in [7, 11) is 0. The molecule has 2 fully saturated rings. The van der Waals surface area contributed by atoms with Gasteiger partial charge in [0.15, 0.2) is 5.79 Å². The lowest BCUT2D eigenvalue weighted by Crippen LogP contribution is -2.45. The SMILES string of the molecule is O=C([O-])Cn1nnc(-c2ccc(N3CCC4(CC3)OCCO4)cc2)n1. The monoisotopic (exact) mass is 344 g/mol. The zero-order valence-electron chi connectivity index (χ0n) is 13.6. The Labute approximate surface area is 144 Å². The van der Waals surface area contributed by atoms with Crippen LogP contribution in [-0.2, 0) is 20.8 Å². The average Bonchev–Trinajstić information content (AvgIpc) is 3.26. The van der Waals surface area contributed by atoms with E-state index < -0.39 is 12.5 Å². The predicted molar refractivity (Wildman–Crippen MR) is 84.3 cm³/mol. The van der Waals surface area contributed by atoms with Gasteiger partial charge in [0.1, 0.15) is 6.54 Å². The number of carboxylic acid groups (broad SMARTS) is 1. The molecule has 0 radical (unpaired) electrons. The van der Waals surface area contributed by atoms with Crippen molar-refractivity contribution in [3.05, 3.63) is 24.3 Å². The number of tetrazole rings is 1. The average molecular weight is 344 g/mol. The number of benzene rings is 1. The van der Waals surface area contributed by atoms with E-state index in [2.05, 4.69) is 20.3 Å². The fourth-order valence-electron chi connectivity index (χ4n) is 3.25. The van der Waals surface area contributed by atoms with E-state index in [-0.39, 0.29) is 5.79 Å². The first-order chi connectivity index (χ1) is 12.1. The number of anilines is 1. The minimum Gasteiger partial charge on any atom is -0.548 e. The van der Waals surface area contributed by atoms with Crippen molar-refractivity contribution < 1.29 is 19.4 Å². The van der Waals surface area contributed by atoms with E-state index in [0.717, 1.165) is 42.0 Å². The molecule has 2 aromatic rings. The van der Waals surface area contributed by atoms with Crippen molar-refractivity contribution in [2.75, 3.05) is 31.2 Å². The quantitative estimate of drug-likeness (QED) is 0.726. The van der Waals surface area contributed by atoms with Crippen LogP contribution in [0.3, 0.4) is 0 Å². The fraction of sp³-hybridized carbons (Fsp3) is 0.500. The first kappa shape index (κ1) is 16.0. The second-order valence-corrected chi connectivity index (χ2v) is 6.16. The first-order valence-electron chi connectivity index (χ1n) is 8.25. The summed E-state index contributed by atoms with van der Waals surface area (Å²) in [6.07, 6.45) is 1.71. The second kappa shape index (κ2) is 6.41. The van der Waals surface area contributed by atoms with Crippen LogP contribution in [0.2, 0.25) is 0 Å². The maximum atomic E-state index is 10.6. The molecule has 4 rings (SSSR count). The summed E-state index contributed by atoms with van der Waals surface area (Å²) in [5, 5.41) is 22.2.